The van der Waals surface area contributed by atoms with E-state index in [2.05, 4.69) is 42.0 Å². The minimum atomic E-state index is 1.05. The van der Waals surface area contributed by atoms with Gasteiger partial charge in [-0.05, 0) is 36.3 Å². The summed E-state index contributed by atoms with van der Waals surface area (Å²) in [6, 6.07) is 6.45. The minimum absolute atomic E-state index is 1.05. The lowest BCUT2D eigenvalue weighted by Gasteiger charge is -2.05. The molecule has 16 heavy (non-hydrogen) atoms. The maximum Gasteiger partial charge on any atom is 0.117 e. The zero-order valence-electron chi connectivity index (χ0n) is 9.73. The topological polar surface area (TPSA) is 25.8 Å². The van der Waals surface area contributed by atoms with Crippen LogP contribution >= 0.6 is 11.8 Å². The summed E-state index contributed by atoms with van der Waals surface area (Å²) < 4.78 is 0. The molecule has 2 nitrogen and oxygen atoms in total. The quantitative estimate of drug-likeness (QED) is 0.594. The minimum Gasteiger partial charge on any atom is -0.236 e. The highest BCUT2D eigenvalue weighted by atomic mass is 32.2. The third-order valence-corrected chi connectivity index (χ3v) is 3.73. The van der Waals surface area contributed by atoms with E-state index in [1.54, 1.807) is 6.33 Å². The van der Waals surface area contributed by atoms with Gasteiger partial charge in [0.2, 0.25) is 0 Å². The highest BCUT2D eigenvalue weighted by Gasteiger charge is 2.04. The Morgan fingerprint density at radius 3 is 2.81 bits per heavy atom. The van der Waals surface area contributed by atoms with Crippen LogP contribution in [0.2, 0.25) is 0 Å². The van der Waals surface area contributed by atoms with Gasteiger partial charge in [-0.15, -0.1) is 11.8 Å². The number of aromatic nitrogens is 2. The van der Waals surface area contributed by atoms with E-state index in [0.717, 1.165) is 22.7 Å². The Kier molecular flexibility index (Phi) is 3.78. The second kappa shape index (κ2) is 5.30. The van der Waals surface area contributed by atoms with Gasteiger partial charge in [0.15, 0.2) is 0 Å². The van der Waals surface area contributed by atoms with Gasteiger partial charge in [0.1, 0.15) is 11.4 Å². The van der Waals surface area contributed by atoms with Gasteiger partial charge in [0.25, 0.3) is 0 Å². The molecule has 0 amide bonds. The van der Waals surface area contributed by atoms with E-state index in [-0.39, 0.29) is 0 Å². The number of nitrogens with zero attached hydrogens (tertiary/aromatic N) is 2. The molecule has 1 aromatic carbocycles. The van der Waals surface area contributed by atoms with Gasteiger partial charge in [0.05, 0.1) is 5.52 Å². The van der Waals surface area contributed by atoms with E-state index in [1.165, 1.54) is 17.4 Å². The third kappa shape index (κ3) is 2.35. The molecule has 2 aromatic rings. The summed E-state index contributed by atoms with van der Waals surface area (Å²) in [5.41, 5.74) is 2.39. The Hall–Kier alpha value is -1.09. The molecule has 0 saturated heterocycles. The number of aryl methyl sites for hydroxylation is 1. The molecule has 84 valence electrons. The Balaban J connectivity index is 2.46. The van der Waals surface area contributed by atoms with E-state index in [0.29, 0.717) is 0 Å². The van der Waals surface area contributed by atoms with Gasteiger partial charge in [-0.25, -0.2) is 9.97 Å². The second-order valence-corrected chi connectivity index (χ2v) is 4.82. The van der Waals surface area contributed by atoms with Gasteiger partial charge in [-0.1, -0.05) is 19.9 Å². The van der Waals surface area contributed by atoms with E-state index < -0.39 is 0 Å². The van der Waals surface area contributed by atoms with Crippen LogP contribution in [-0.4, -0.2) is 15.7 Å². The highest BCUT2D eigenvalue weighted by molar-refractivity contribution is 7.99. The Bertz CT molecular complexity index is 482. The van der Waals surface area contributed by atoms with Crippen molar-refractivity contribution in [1.82, 2.24) is 9.97 Å². The van der Waals surface area contributed by atoms with Crippen LogP contribution in [-0.2, 0) is 6.42 Å². The lowest BCUT2D eigenvalue weighted by atomic mass is 10.1. The zero-order chi connectivity index (χ0) is 11.4. The summed E-state index contributed by atoms with van der Waals surface area (Å²) in [6.45, 7) is 4.36. The van der Waals surface area contributed by atoms with Crippen molar-refractivity contribution in [3.63, 3.8) is 0 Å². The zero-order valence-corrected chi connectivity index (χ0v) is 10.5. The summed E-state index contributed by atoms with van der Waals surface area (Å²) in [7, 11) is 0. The van der Waals surface area contributed by atoms with Gasteiger partial charge < -0.3 is 0 Å². The van der Waals surface area contributed by atoms with Crippen LogP contribution in [0.3, 0.4) is 0 Å². The predicted octanol–water partition coefficient (Wildman–Crippen LogP) is 3.69. The standard InChI is InChI=1S/C13H16N2S/c1-3-7-16-13-11-8-10(4-2)5-6-12(11)14-9-15-13/h5-6,8-9H,3-4,7H2,1-2H3. The molecule has 1 aromatic heterocycles. The third-order valence-electron chi connectivity index (χ3n) is 2.51. The molecule has 0 radical (unpaired) electrons. The molecule has 0 spiro atoms. The molecule has 3 heteroatoms. The van der Waals surface area contributed by atoms with Crippen molar-refractivity contribution < 1.29 is 0 Å². The SMILES string of the molecule is CCCSc1ncnc2ccc(CC)cc12. The number of benzene rings is 1. The molecule has 0 unspecified atom stereocenters. The number of fused-ring (bicyclic) bond motifs is 1. The van der Waals surface area contributed by atoms with Gasteiger partial charge >= 0.3 is 0 Å². The van der Waals surface area contributed by atoms with Crippen molar-refractivity contribution in [2.45, 2.75) is 31.7 Å². The van der Waals surface area contributed by atoms with Crippen LogP contribution in [0, 0.1) is 0 Å². The summed E-state index contributed by atoms with van der Waals surface area (Å²) in [5.74, 6) is 1.11. The van der Waals surface area contributed by atoms with E-state index >= 15 is 0 Å². The average Bonchev–Trinajstić information content (AvgIpc) is 2.35. The van der Waals surface area contributed by atoms with Crippen molar-refractivity contribution in [2.24, 2.45) is 0 Å². The molecule has 0 aliphatic heterocycles. The maximum atomic E-state index is 4.37. The van der Waals surface area contributed by atoms with Crippen molar-refractivity contribution in [1.29, 1.82) is 0 Å². The Morgan fingerprint density at radius 2 is 2.06 bits per heavy atom. The van der Waals surface area contributed by atoms with E-state index in [4.69, 9.17) is 0 Å². The van der Waals surface area contributed by atoms with E-state index in [9.17, 15) is 0 Å². The Labute approximate surface area is 101 Å². The number of hydrogen-bond acceptors (Lipinski definition) is 3. The molecule has 0 aliphatic rings. The number of hydrogen-bond donors (Lipinski definition) is 0. The number of rotatable bonds is 4. The first-order valence-electron chi connectivity index (χ1n) is 5.71. The molecular weight excluding hydrogens is 216 g/mol. The summed E-state index contributed by atoms with van der Waals surface area (Å²) in [6.07, 6.45) is 3.89. The van der Waals surface area contributed by atoms with Crippen LogP contribution in [0.5, 0.6) is 0 Å². The first kappa shape index (κ1) is 11.4. The lowest BCUT2D eigenvalue weighted by molar-refractivity contribution is 1.07. The molecule has 0 aliphatic carbocycles. The largest absolute Gasteiger partial charge is 0.236 e. The van der Waals surface area contributed by atoms with Crippen molar-refractivity contribution >= 4 is 22.7 Å². The van der Waals surface area contributed by atoms with Crippen LogP contribution in [0.25, 0.3) is 10.9 Å². The first-order chi connectivity index (χ1) is 7.85. The van der Waals surface area contributed by atoms with Gasteiger partial charge in [0, 0.05) is 5.39 Å². The normalized spacial score (nSPS) is 10.9. The fourth-order valence-electron chi connectivity index (χ4n) is 1.61. The molecule has 0 fully saturated rings. The molecular formula is C13H16N2S. The van der Waals surface area contributed by atoms with E-state index in [1.807, 2.05) is 11.8 Å². The van der Waals surface area contributed by atoms with Crippen LogP contribution < -0.4 is 0 Å². The highest BCUT2D eigenvalue weighted by Crippen LogP contribution is 2.25. The number of thioether (sulfide) groups is 1. The Morgan fingerprint density at radius 1 is 1.19 bits per heavy atom. The van der Waals surface area contributed by atoms with Crippen LogP contribution in [0.1, 0.15) is 25.8 Å². The molecule has 0 bridgehead atoms. The van der Waals surface area contributed by atoms with Gasteiger partial charge in [-0.2, -0.15) is 0 Å². The summed E-state index contributed by atoms with van der Waals surface area (Å²) >= 11 is 1.82. The fraction of sp³-hybridized carbons (Fsp3) is 0.385. The van der Waals surface area contributed by atoms with Crippen LogP contribution in [0.15, 0.2) is 29.6 Å². The second-order valence-electron chi connectivity index (χ2n) is 3.73. The smallest absolute Gasteiger partial charge is 0.117 e. The predicted molar refractivity (Wildman–Crippen MR) is 69.9 cm³/mol. The van der Waals surface area contributed by atoms with Crippen molar-refractivity contribution in [2.75, 3.05) is 5.75 Å². The van der Waals surface area contributed by atoms with Crippen molar-refractivity contribution in [3.05, 3.63) is 30.1 Å². The van der Waals surface area contributed by atoms with Gasteiger partial charge in [-0.3, -0.25) is 0 Å². The molecule has 1 heterocycles. The molecule has 2 rings (SSSR count). The lowest BCUT2D eigenvalue weighted by Crippen LogP contribution is -1.89. The molecule has 0 atom stereocenters. The molecule has 0 N–H and O–H groups in total. The van der Waals surface area contributed by atoms with Crippen LogP contribution in [0.4, 0.5) is 0 Å². The average molecular weight is 232 g/mol. The first-order valence-corrected chi connectivity index (χ1v) is 6.70. The van der Waals surface area contributed by atoms with Crippen molar-refractivity contribution in [3.8, 4) is 0 Å². The maximum absolute atomic E-state index is 4.37. The molecule has 0 saturated carbocycles. The fourth-order valence-corrected chi connectivity index (χ4v) is 2.45. The monoisotopic (exact) mass is 232 g/mol. The summed E-state index contributed by atoms with van der Waals surface area (Å²) in [5, 5.41) is 2.31. The summed E-state index contributed by atoms with van der Waals surface area (Å²) in [4.78, 5) is 8.67.